The van der Waals surface area contributed by atoms with Crippen molar-refractivity contribution in [2.75, 3.05) is 42.9 Å². The zero-order valence-corrected chi connectivity index (χ0v) is 21.8. The smallest absolute Gasteiger partial charge is 0.391 e. The summed E-state index contributed by atoms with van der Waals surface area (Å²) in [5.41, 5.74) is 2.83. The Labute approximate surface area is 227 Å². The maximum absolute atomic E-state index is 12.9. The molecule has 1 N–H and O–H groups in total. The number of likely N-dealkylation sites (N-methyl/N-ethyl adjacent to an activating group) is 1. The Hall–Kier alpha value is -4.59. The van der Waals surface area contributed by atoms with Crippen LogP contribution in [0.5, 0.6) is 5.88 Å². The second kappa shape index (κ2) is 11.3. The molecule has 4 aromatic heterocycles. The van der Waals surface area contributed by atoms with Gasteiger partial charge in [0.25, 0.3) is 0 Å². The van der Waals surface area contributed by atoms with Crippen molar-refractivity contribution in [2.45, 2.75) is 20.0 Å². The summed E-state index contributed by atoms with van der Waals surface area (Å²) >= 11 is 0. The summed E-state index contributed by atoms with van der Waals surface area (Å²) in [4.78, 5) is 29.4. The maximum atomic E-state index is 12.9. The van der Waals surface area contributed by atoms with Crippen molar-refractivity contribution in [1.82, 2.24) is 34.8 Å². The molecule has 14 heteroatoms. The van der Waals surface area contributed by atoms with Crippen LogP contribution in [0.15, 0.2) is 55.2 Å². The molecule has 1 aliphatic heterocycles. The number of alkyl halides is 3. The lowest BCUT2D eigenvalue weighted by atomic mass is 10.2. The van der Waals surface area contributed by atoms with Gasteiger partial charge >= 0.3 is 12.3 Å². The number of carbonyl (C=O) groups excluding carboxylic acids is 1. The Morgan fingerprint density at radius 3 is 2.62 bits per heavy atom. The van der Waals surface area contributed by atoms with Crippen molar-refractivity contribution in [2.24, 2.45) is 0 Å². The van der Waals surface area contributed by atoms with E-state index in [9.17, 15) is 18.0 Å². The van der Waals surface area contributed by atoms with Crippen LogP contribution < -0.4 is 15.0 Å². The molecule has 0 bridgehead atoms. The summed E-state index contributed by atoms with van der Waals surface area (Å²) in [6, 6.07) is 5.06. The molecule has 0 atom stereocenters. The van der Waals surface area contributed by atoms with E-state index in [1.54, 1.807) is 25.4 Å². The number of rotatable bonds is 6. The molecular formula is C26H26F3N9O2. The highest BCUT2D eigenvalue weighted by molar-refractivity contribution is 5.86. The minimum Gasteiger partial charge on any atom is -0.391 e. The first kappa shape index (κ1) is 27.0. The van der Waals surface area contributed by atoms with Crippen molar-refractivity contribution in [3.05, 3.63) is 66.5 Å². The molecule has 5 rings (SSSR count). The minimum atomic E-state index is -4.59. The van der Waals surface area contributed by atoms with E-state index < -0.39 is 23.7 Å². The third-order valence-corrected chi connectivity index (χ3v) is 6.51. The van der Waals surface area contributed by atoms with Gasteiger partial charge in [0.2, 0.25) is 5.88 Å². The average Bonchev–Trinajstić information content (AvgIpc) is 3.44. The molecule has 11 nitrogen and oxygen atoms in total. The number of aromatic nitrogens is 6. The predicted molar refractivity (Wildman–Crippen MR) is 140 cm³/mol. The Morgan fingerprint density at radius 2 is 1.88 bits per heavy atom. The van der Waals surface area contributed by atoms with Crippen molar-refractivity contribution >= 4 is 17.5 Å². The fourth-order valence-electron chi connectivity index (χ4n) is 4.28. The highest BCUT2D eigenvalue weighted by Gasteiger charge is 2.31. The number of aryl methyl sites for hydroxylation is 1. The SMILES string of the molecule is CCN1CCN(c2cncc(-c3cn(-c4cc(NC(=O)Oc5cc(C(F)(F)F)ccn5)cnc4C)nn3)c2)CC1. The van der Waals surface area contributed by atoms with E-state index in [-0.39, 0.29) is 5.69 Å². The Morgan fingerprint density at radius 1 is 1.07 bits per heavy atom. The normalized spacial score (nSPS) is 14.3. The van der Waals surface area contributed by atoms with Crippen molar-refractivity contribution < 1.29 is 22.7 Å². The van der Waals surface area contributed by atoms with Gasteiger partial charge in [-0.05, 0) is 31.7 Å². The lowest BCUT2D eigenvalue weighted by molar-refractivity contribution is -0.137. The van der Waals surface area contributed by atoms with Gasteiger partial charge in [-0.3, -0.25) is 15.3 Å². The van der Waals surface area contributed by atoms with Gasteiger partial charge < -0.3 is 14.5 Å². The predicted octanol–water partition coefficient (Wildman–Crippen LogP) is 4.20. The second-order valence-corrected chi connectivity index (χ2v) is 9.13. The molecule has 1 amide bonds. The number of piperazine rings is 1. The van der Waals surface area contributed by atoms with Crippen molar-refractivity contribution in [3.63, 3.8) is 0 Å². The molecule has 1 fully saturated rings. The Kier molecular flexibility index (Phi) is 7.60. The van der Waals surface area contributed by atoms with E-state index >= 15 is 0 Å². The number of carbonyl (C=O) groups is 1. The lowest BCUT2D eigenvalue weighted by Crippen LogP contribution is -2.46. The lowest BCUT2D eigenvalue weighted by Gasteiger charge is -2.35. The number of hydrogen-bond acceptors (Lipinski definition) is 9. The van der Waals surface area contributed by atoms with E-state index in [4.69, 9.17) is 4.74 Å². The summed E-state index contributed by atoms with van der Waals surface area (Å²) in [7, 11) is 0. The van der Waals surface area contributed by atoms with Crippen LogP contribution in [0.3, 0.4) is 0 Å². The monoisotopic (exact) mass is 553 g/mol. The molecule has 4 aromatic rings. The van der Waals surface area contributed by atoms with E-state index in [2.05, 4.69) is 47.3 Å². The quantitative estimate of drug-likeness (QED) is 0.375. The molecule has 5 heterocycles. The molecule has 0 unspecified atom stereocenters. The molecule has 0 spiro atoms. The molecule has 0 aliphatic carbocycles. The first-order valence-corrected chi connectivity index (χ1v) is 12.5. The van der Waals surface area contributed by atoms with Crippen LogP contribution >= 0.6 is 0 Å². The van der Waals surface area contributed by atoms with Gasteiger partial charge in [0.1, 0.15) is 5.69 Å². The van der Waals surface area contributed by atoms with E-state index in [0.29, 0.717) is 23.1 Å². The first-order chi connectivity index (χ1) is 19.2. The third kappa shape index (κ3) is 6.17. The standard InChI is InChI=1S/C26H26F3N9O2/c1-3-36-6-8-37(9-7-36)21-10-18(13-30-15-21)22-16-38(35-34-22)23-12-20(14-32-17(23)2)33-25(39)40-24-11-19(4-5-31-24)26(27,28)29/h4-5,10-16H,3,6-9H2,1-2H3,(H,33,39). The van der Waals surface area contributed by atoms with Gasteiger partial charge in [-0.25, -0.2) is 14.5 Å². The highest BCUT2D eigenvalue weighted by atomic mass is 19.4. The molecule has 0 radical (unpaired) electrons. The van der Waals surface area contributed by atoms with Crippen LogP contribution in [0.4, 0.5) is 29.3 Å². The Bertz CT molecular complexity index is 1500. The van der Waals surface area contributed by atoms with Gasteiger partial charge in [0, 0.05) is 50.2 Å². The number of anilines is 2. The molecule has 208 valence electrons. The zero-order chi connectivity index (χ0) is 28.3. The molecule has 0 aromatic carbocycles. The number of ether oxygens (including phenoxy) is 1. The van der Waals surface area contributed by atoms with Gasteiger partial charge in [0.15, 0.2) is 0 Å². The highest BCUT2D eigenvalue weighted by Crippen LogP contribution is 2.30. The van der Waals surface area contributed by atoms with E-state index in [0.717, 1.165) is 56.2 Å². The third-order valence-electron chi connectivity index (χ3n) is 6.51. The number of hydrogen-bond donors (Lipinski definition) is 1. The van der Waals surface area contributed by atoms with Crippen molar-refractivity contribution in [1.29, 1.82) is 0 Å². The topological polar surface area (TPSA) is 114 Å². The van der Waals surface area contributed by atoms with Crippen LogP contribution in [0.2, 0.25) is 0 Å². The van der Waals surface area contributed by atoms with Crippen LogP contribution in [-0.2, 0) is 6.18 Å². The molecule has 0 saturated carbocycles. The summed E-state index contributed by atoms with van der Waals surface area (Å²) < 4.78 is 45.2. The average molecular weight is 554 g/mol. The summed E-state index contributed by atoms with van der Waals surface area (Å²) in [5, 5.41) is 11.0. The fourth-order valence-corrected chi connectivity index (χ4v) is 4.28. The van der Waals surface area contributed by atoms with Crippen LogP contribution in [0.25, 0.3) is 16.9 Å². The summed E-state index contributed by atoms with van der Waals surface area (Å²) in [6.07, 6.45) is 1.98. The van der Waals surface area contributed by atoms with Gasteiger partial charge in [0.05, 0.1) is 46.9 Å². The number of halogens is 3. The van der Waals surface area contributed by atoms with Crippen molar-refractivity contribution in [3.8, 4) is 22.8 Å². The largest absolute Gasteiger partial charge is 0.418 e. The Balaban J connectivity index is 1.29. The van der Waals surface area contributed by atoms with E-state index in [1.165, 1.54) is 10.9 Å². The molecule has 1 saturated heterocycles. The maximum Gasteiger partial charge on any atom is 0.418 e. The van der Waals surface area contributed by atoms with Crippen LogP contribution in [-0.4, -0.2) is 73.7 Å². The van der Waals surface area contributed by atoms with Crippen LogP contribution in [0, 0.1) is 6.92 Å². The summed E-state index contributed by atoms with van der Waals surface area (Å²) in [5.74, 6) is -0.489. The van der Waals surface area contributed by atoms with Gasteiger partial charge in [-0.1, -0.05) is 12.1 Å². The van der Waals surface area contributed by atoms with Gasteiger partial charge in [-0.15, -0.1) is 5.10 Å². The molecule has 40 heavy (non-hydrogen) atoms. The zero-order valence-electron chi connectivity index (χ0n) is 21.8. The molecular weight excluding hydrogens is 527 g/mol. The van der Waals surface area contributed by atoms with Gasteiger partial charge in [-0.2, -0.15) is 13.2 Å². The fraction of sp³-hybridized carbons (Fsp3) is 0.308. The second-order valence-electron chi connectivity index (χ2n) is 9.13. The number of pyridine rings is 3. The number of amides is 1. The molecule has 1 aliphatic rings. The van der Waals surface area contributed by atoms with E-state index in [1.807, 2.05) is 12.3 Å². The number of nitrogens with zero attached hydrogens (tertiary/aromatic N) is 8. The minimum absolute atomic E-state index is 0.240. The van der Waals surface area contributed by atoms with Crippen LogP contribution in [0.1, 0.15) is 18.2 Å². The first-order valence-electron chi connectivity index (χ1n) is 12.5. The number of nitrogens with one attached hydrogen (secondary N) is 1. The summed E-state index contributed by atoms with van der Waals surface area (Å²) in [6.45, 7) is 8.80.